The fourth-order valence-corrected chi connectivity index (χ4v) is 2.67. The Labute approximate surface area is 124 Å². The summed E-state index contributed by atoms with van der Waals surface area (Å²) in [4.78, 5) is 34.6. The van der Waals surface area contributed by atoms with Crippen molar-refractivity contribution in [1.29, 1.82) is 0 Å². The highest BCUT2D eigenvalue weighted by molar-refractivity contribution is 7.12. The predicted molar refractivity (Wildman–Crippen MR) is 80.0 cm³/mol. The molecular formula is C14H14N2O4S. The van der Waals surface area contributed by atoms with E-state index in [2.05, 4.69) is 5.32 Å². The maximum absolute atomic E-state index is 11.9. The monoisotopic (exact) mass is 306 g/mol. The molecule has 0 saturated heterocycles. The maximum atomic E-state index is 11.9. The molecule has 0 atom stereocenters. The van der Waals surface area contributed by atoms with Crippen LogP contribution in [0.2, 0.25) is 0 Å². The fourth-order valence-electron chi connectivity index (χ4n) is 1.83. The van der Waals surface area contributed by atoms with E-state index in [1.165, 1.54) is 10.6 Å². The van der Waals surface area contributed by atoms with Gasteiger partial charge >= 0.3 is 5.97 Å². The standard InChI is InChI=1S/C14H14N2O4S/c1-9-8-21-13(14(19)20)12(9)15-10(17)5-7-16-6-3-2-4-11(16)18/h2-4,6,8H,5,7H2,1H3,(H,15,17)(H,19,20). The van der Waals surface area contributed by atoms with Gasteiger partial charge in [0.2, 0.25) is 5.91 Å². The highest BCUT2D eigenvalue weighted by Gasteiger charge is 2.17. The lowest BCUT2D eigenvalue weighted by Gasteiger charge is -2.07. The van der Waals surface area contributed by atoms with Gasteiger partial charge in [-0.3, -0.25) is 9.59 Å². The third kappa shape index (κ3) is 3.57. The van der Waals surface area contributed by atoms with Crippen molar-refractivity contribution in [2.75, 3.05) is 5.32 Å². The van der Waals surface area contributed by atoms with Crippen molar-refractivity contribution >= 4 is 28.9 Å². The molecule has 0 aliphatic heterocycles. The highest BCUT2D eigenvalue weighted by atomic mass is 32.1. The van der Waals surface area contributed by atoms with Crippen LogP contribution < -0.4 is 10.9 Å². The number of thiophene rings is 1. The Morgan fingerprint density at radius 3 is 2.81 bits per heavy atom. The van der Waals surface area contributed by atoms with Crippen LogP contribution in [0.1, 0.15) is 21.7 Å². The van der Waals surface area contributed by atoms with Gasteiger partial charge in [0.1, 0.15) is 4.88 Å². The molecule has 0 radical (unpaired) electrons. The number of hydrogen-bond donors (Lipinski definition) is 2. The van der Waals surface area contributed by atoms with Crippen molar-refractivity contribution in [1.82, 2.24) is 4.57 Å². The molecule has 110 valence electrons. The first-order chi connectivity index (χ1) is 9.99. The molecule has 0 unspecified atom stereocenters. The van der Waals surface area contributed by atoms with Gasteiger partial charge in [0, 0.05) is 25.2 Å². The summed E-state index contributed by atoms with van der Waals surface area (Å²) in [7, 11) is 0. The molecule has 0 bridgehead atoms. The summed E-state index contributed by atoms with van der Waals surface area (Å²) in [5.41, 5.74) is 0.865. The van der Waals surface area contributed by atoms with Gasteiger partial charge in [-0.05, 0) is 23.9 Å². The fraction of sp³-hybridized carbons (Fsp3) is 0.214. The molecule has 2 aromatic rings. The number of hydrogen-bond acceptors (Lipinski definition) is 4. The normalized spacial score (nSPS) is 10.3. The van der Waals surface area contributed by atoms with Gasteiger partial charge in [0.15, 0.2) is 0 Å². The van der Waals surface area contributed by atoms with Crippen molar-refractivity contribution in [2.45, 2.75) is 19.9 Å². The molecule has 0 aliphatic rings. The van der Waals surface area contributed by atoms with Crippen LogP contribution >= 0.6 is 11.3 Å². The van der Waals surface area contributed by atoms with Crippen molar-refractivity contribution in [3.63, 3.8) is 0 Å². The molecule has 6 nitrogen and oxygen atoms in total. The zero-order valence-electron chi connectivity index (χ0n) is 11.3. The summed E-state index contributed by atoms with van der Waals surface area (Å²) >= 11 is 1.07. The minimum atomic E-state index is -1.07. The van der Waals surface area contributed by atoms with E-state index < -0.39 is 5.97 Å². The summed E-state index contributed by atoms with van der Waals surface area (Å²) in [6.07, 6.45) is 1.70. The van der Waals surface area contributed by atoms with Crippen LogP contribution in [-0.2, 0) is 11.3 Å². The zero-order valence-corrected chi connectivity index (χ0v) is 12.1. The summed E-state index contributed by atoms with van der Waals surface area (Å²) in [5, 5.41) is 13.3. The van der Waals surface area contributed by atoms with Crippen molar-refractivity contribution in [2.24, 2.45) is 0 Å². The smallest absolute Gasteiger partial charge is 0.348 e. The Hall–Kier alpha value is -2.41. The van der Waals surface area contributed by atoms with Gasteiger partial charge in [-0.1, -0.05) is 6.07 Å². The van der Waals surface area contributed by atoms with Crippen LogP contribution in [0.5, 0.6) is 0 Å². The molecule has 7 heteroatoms. The van der Waals surface area contributed by atoms with Gasteiger partial charge in [-0.25, -0.2) is 4.79 Å². The molecule has 2 aromatic heterocycles. The van der Waals surface area contributed by atoms with E-state index in [0.717, 1.165) is 11.3 Å². The molecule has 1 amide bonds. The molecule has 21 heavy (non-hydrogen) atoms. The molecule has 0 spiro atoms. The number of aromatic carboxylic acids is 1. The van der Waals surface area contributed by atoms with Crippen molar-refractivity contribution in [3.8, 4) is 0 Å². The molecule has 2 heterocycles. The second-order valence-electron chi connectivity index (χ2n) is 4.46. The first-order valence-corrected chi connectivity index (χ1v) is 7.13. The number of carboxylic acid groups (broad SMARTS) is 1. The lowest BCUT2D eigenvalue weighted by Crippen LogP contribution is -2.22. The molecule has 0 aliphatic carbocycles. The number of aryl methyl sites for hydroxylation is 2. The number of pyridine rings is 1. The van der Waals surface area contributed by atoms with Crippen LogP contribution in [0.3, 0.4) is 0 Å². The van der Waals surface area contributed by atoms with Gasteiger partial charge in [0.05, 0.1) is 5.69 Å². The SMILES string of the molecule is Cc1csc(C(=O)O)c1NC(=O)CCn1ccccc1=O. The first-order valence-electron chi connectivity index (χ1n) is 6.25. The van der Waals surface area contributed by atoms with Gasteiger partial charge < -0.3 is 15.0 Å². The lowest BCUT2D eigenvalue weighted by atomic mass is 10.2. The zero-order chi connectivity index (χ0) is 15.4. The van der Waals surface area contributed by atoms with Crippen LogP contribution in [0.25, 0.3) is 0 Å². The lowest BCUT2D eigenvalue weighted by molar-refractivity contribution is -0.116. The number of carboxylic acids is 1. The van der Waals surface area contributed by atoms with E-state index in [1.54, 1.807) is 30.6 Å². The van der Waals surface area contributed by atoms with E-state index in [0.29, 0.717) is 11.3 Å². The maximum Gasteiger partial charge on any atom is 0.348 e. The van der Waals surface area contributed by atoms with Gasteiger partial charge in [-0.15, -0.1) is 11.3 Å². The summed E-state index contributed by atoms with van der Waals surface area (Å²) in [5.74, 6) is -1.39. The van der Waals surface area contributed by atoms with Gasteiger partial charge in [0.25, 0.3) is 5.56 Å². The topological polar surface area (TPSA) is 88.4 Å². The van der Waals surface area contributed by atoms with E-state index in [4.69, 9.17) is 5.11 Å². The largest absolute Gasteiger partial charge is 0.477 e. The highest BCUT2D eigenvalue weighted by Crippen LogP contribution is 2.27. The summed E-state index contributed by atoms with van der Waals surface area (Å²) < 4.78 is 1.43. The number of amides is 1. The Kier molecular flexibility index (Phi) is 4.54. The van der Waals surface area contributed by atoms with Crippen molar-refractivity contribution in [3.05, 3.63) is 50.6 Å². The van der Waals surface area contributed by atoms with E-state index in [1.807, 2.05) is 0 Å². The molecular weight excluding hydrogens is 292 g/mol. The van der Waals surface area contributed by atoms with Crippen LogP contribution in [0.4, 0.5) is 5.69 Å². The van der Waals surface area contributed by atoms with E-state index in [-0.39, 0.29) is 29.3 Å². The minimum Gasteiger partial charge on any atom is -0.477 e. The van der Waals surface area contributed by atoms with E-state index in [9.17, 15) is 14.4 Å². The number of nitrogens with zero attached hydrogens (tertiary/aromatic N) is 1. The first kappa shape index (κ1) is 15.0. The minimum absolute atomic E-state index is 0.0955. The third-order valence-corrected chi connectivity index (χ3v) is 4.00. The second-order valence-corrected chi connectivity index (χ2v) is 5.34. The average Bonchev–Trinajstić information content (AvgIpc) is 2.79. The van der Waals surface area contributed by atoms with Crippen molar-refractivity contribution < 1.29 is 14.7 Å². The molecule has 2 N–H and O–H groups in total. The molecule has 0 fully saturated rings. The molecule has 2 rings (SSSR count). The Balaban J connectivity index is 2.03. The Bertz CT molecular complexity index is 733. The second kappa shape index (κ2) is 6.36. The quantitative estimate of drug-likeness (QED) is 0.883. The van der Waals surface area contributed by atoms with E-state index >= 15 is 0 Å². The number of anilines is 1. The van der Waals surface area contributed by atoms with Gasteiger partial charge in [-0.2, -0.15) is 0 Å². The molecule has 0 saturated carbocycles. The molecule has 0 aromatic carbocycles. The summed E-state index contributed by atoms with van der Waals surface area (Å²) in [6, 6.07) is 4.76. The third-order valence-electron chi connectivity index (χ3n) is 2.91. The van der Waals surface area contributed by atoms with Crippen LogP contribution in [-0.4, -0.2) is 21.6 Å². The van der Waals surface area contributed by atoms with Crippen LogP contribution in [0, 0.1) is 6.92 Å². The number of aromatic nitrogens is 1. The average molecular weight is 306 g/mol. The Morgan fingerprint density at radius 1 is 1.38 bits per heavy atom. The number of rotatable bonds is 5. The van der Waals surface area contributed by atoms with Crippen LogP contribution in [0.15, 0.2) is 34.6 Å². The number of carbonyl (C=O) groups is 2. The summed E-state index contributed by atoms with van der Waals surface area (Å²) in [6.45, 7) is 1.98. The predicted octanol–water partition coefficient (Wildman–Crippen LogP) is 1.95. The number of carbonyl (C=O) groups excluding carboxylic acids is 1. The number of nitrogens with one attached hydrogen (secondary N) is 1. The Morgan fingerprint density at radius 2 is 2.14 bits per heavy atom.